The maximum Gasteiger partial charge on any atom is 0.324 e. The van der Waals surface area contributed by atoms with Crippen LogP contribution in [0.15, 0.2) is 0 Å². The fourth-order valence-corrected chi connectivity index (χ4v) is 9.20. The third-order valence-electron chi connectivity index (χ3n) is 12.4. The number of carbonyl (C=O) groups excluding carboxylic acids is 4. The van der Waals surface area contributed by atoms with Gasteiger partial charge in [0.1, 0.15) is 18.2 Å². The van der Waals surface area contributed by atoms with Gasteiger partial charge in [0, 0.05) is 6.04 Å². The first kappa shape index (κ1) is 39.1. The van der Waals surface area contributed by atoms with Gasteiger partial charge in [-0.05, 0) is 114 Å². The lowest BCUT2D eigenvalue weighted by Crippen LogP contribution is -2.47. The standard InChI is InChI=1S/C41H67NO8/c43-38(26-33(25-30-13-5-1-6-14-30)40(45)49-35-17-9-3-10-18-35)47-28-31-21-23-32(24-22-31)29-48-39(44)27-37(42-34-15-7-2-8-16-34)41(46)50-36-19-11-4-12-20-36/h30-37,42H,1-29H2. The van der Waals surface area contributed by atoms with E-state index in [9.17, 15) is 19.2 Å². The van der Waals surface area contributed by atoms with Crippen LogP contribution in [0, 0.1) is 23.7 Å². The molecular weight excluding hydrogens is 634 g/mol. The van der Waals surface area contributed by atoms with Gasteiger partial charge in [0.05, 0.1) is 32.0 Å². The fourth-order valence-electron chi connectivity index (χ4n) is 9.20. The van der Waals surface area contributed by atoms with Crippen molar-refractivity contribution in [1.29, 1.82) is 0 Å². The highest BCUT2D eigenvalue weighted by molar-refractivity contribution is 5.83. The maximum absolute atomic E-state index is 13.2. The quantitative estimate of drug-likeness (QED) is 0.125. The SMILES string of the molecule is O=C(CC(CC1CCCCC1)C(=O)OC1CCCCC1)OCC1CCC(COC(=O)CC(NC2CCCCC2)C(=O)OC2CCCCC2)CC1. The van der Waals surface area contributed by atoms with E-state index >= 15 is 0 Å². The first-order valence-corrected chi connectivity index (χ1v) is 20.9. The van der Waals surface area contributed by atoms with Crippen molar-refractivity contribution in [3.05, 3.63) is 0 Å². The Labute approximate surface area is 301 Å². The lowest BCUT2D eigenvalue weighted by molar-refractivity contribution is -0.161. The minimum atomic E-state index is -0.658. The van der Waals surface area contributed by atoms with Crippen molar-refractivity contribution in [3.63, 3.8) is 0 Å². The molecule has 5 fully saturated rings. The lowest BCUT2D eigenvalue weighted by atomic mass is 9.81. The highest BCUT2D eigenvalue weighted by Crippen LogP contribution is 2.33. The summed E-state index contributed by atoms with van der Waals surface area (Å²) in [5.41, 5.74) is 0. The molecule has 5 rings (SSSR count). The zero-order valence-corrected chi connectivity index (χ0v) is 30.9. The van der Waals surface area contributed by atoms with Gasteiger partial charge >= 0.3 is 23.9 Å². The van der Waals surface area contributed by atoms with Crippen molar-refractivity contribution in [1.82, 2.24) is 5.32 Å². The molecule has 2 atom stereocenters. The Morgan fingerprint density at radius 1 is 0.480 bits per heavy atom. The van der Waals surface area contributed by atoms with Crippen molar-refractivity contribution in [2.24, 2.45) is 23.7 Å². The Bertz CT molecular complexity index is 951. The summed E-state index contributed by atoms with van der Waals surface area (Å²) in [5, 5.41) is 3.46. The van der Waals surface area contributed by atoms with E-state index in [4.69, 9.17) is 18.9 Å². The second-order valence-corrected chi connectivity index (χ2v) is 16.5. The average Bonchev–Trinajstić information content (AvgIpc) is 3.14. The topological polar surface area (TPSA) is 117 Å². The zero-order chi connectivity index (χ0) is 35.0. The summed E-state index contributed by atoms with van der Waals surface area (Å²) in [6.45, 7) is 0.724. The third kappa shape index (κ3) is 13.8. The summed E-state index contributed by atoms with van der Waals surface area (Å²) < 4.78 is 23.3. The predicted octanol–water partition coefficient (Wildman–Crippen LogP) is 8.29. The Morgan fingerprint density at radius 2 is 0.920 bits per heavy atom. The molecule has 0 bridgehead atoms. The van der Waals surface area contributed by atoms with Crippen LogP contribution < -0.4 is 5.32 Å². The van der Waals surface area contributed by atoms with E-state index in [1.165, 1.54) is 38.5 Å². The van der Waals surface area contributed by atoms with Gasteiger partial charge in [-0.25, -0.2) is 0 Å². The summed E-state index contributed by atoms with van der Waals surface area (Å²) in [4.78, 5) is 52.4. The summed E-state index contributed by atoms with van der Waals surface area (Å²) in [5.74, 6) is -0.540. The van der Waals surface area contributed by atoms with Gasteiger partial charge in [0.25, 0.3) is 0 Å². The second-order valence-electron chi connectivity index (χ2n) is 16.5. The van der Waals surface area contributed by atoms with E-state index < -0.39 is 12.0 Å². The first-order chi connectivity index (χ1) is 24.4. The lowest BCUT2D eigenvalue weighted by Gasteiger charge is -2.30. The van der Waals surface area contributed by atoms with Crippen molar-refractivity contribution in [3.8, 4) is 0 Å². The number of esters is 4. The molecule has 5 aliphatic carbocycles. The average molecular weight is 702 g/mol. The Hall–Kier alpha value is -2.16. The molecule has 2 unspecified atom stereocenters. The number of carbonyl (C=O) groups is 4. The smallest absolute Gasteiger partial charge is 0.324 e. The molecular formula is C41H67NO8. The van der Waals surface area contributed by atoms with Gasteiger partial charge in [-0.2, -0.15) is 0 Å². The first-order valence-electron chi connectivity index (χ1n) is 20.9. The van der Waals surface area contributed by atoms with Crippen molar-refractivity contribution in [2.45, 2.75) is 198 Å². The molecule has 50 heavy (non-hydrogen) atoms. The van der Waals surface area contributed by atoms with Gasteiger partial charge in [0.15, 0.2) is 0 Å². The highest BCUT2D eigenvalue weighted by Gasteiger charge is 2.33. The number of hydrogen-bond acceptors (Lipinski definition) is 9. The molecule has 0 aliphatic heterocycles. The van der Waals surface area contributed by atoms with E-state index in [0.717, 1.165) is 122 Å². The molecule has 0 saturated heterocycles. The fraction of sp³-hybridized carbons (Fsp3) is 0.902. The van der Waals surface area contributed by atoms with Crippen LogP contribution >= 0.6 is 0 Å². The highest BCUT2D eigenvalue weighted by atomic mass is 16.6. The maximum atomic E-state index is 13.2. The number of ether oxygens (including phenoxy) is 4. The Balaban J connectivity index is 1.01. The number of hydrogen-bond donors (Lipinski definition) is 1. The van der Waals surface area contributed by atoms with E-state index in [0.29, 0.717) is 19.1 Å². The molecule has 0 heterocycles. The van der Waals surface area contributed by atoms with Crippen molar-refractivity contribution in [2.75, 3.05) is 13.2 Å². The van der Waals surface area contributed by atoms with Gasteiger partial charge in [-0.1, -0.05) is 64.2 Å². The normalized spacial score (nSPS) is 26.0. The molecule has 5 saturated carbocycles. The second kappa shape index (κ2) is 21.4. The molecule has 1 N–H and O–H groups in total. The Kier molecular flexibility index (Phi) is 16.7. The van der Waals surface area contributed by atoms with Crippen LogP contribution in [0.25, 0.3) is 0 Å². The van der Waals surface area contributed by atoms with E-state index in [2.05, 4.69) is 5.32 Å². The van der Waals surface area contributed by atoms with Crippen molar-refractivity contribution >= 4 is 23.9 Å². The zero-order valence-electron chi connectivity index (χ0n) is 30.9. The minimum absolute atomic E-state index is 0.00187. The van der Waals surface area contributed by atoms with Gasteiger partial charge in [-0.3, -0.25) is 19.2 Å². The number of rotatable bonds is 16. The van der Waals surface area contributed by atoms with Gasteiger partial charge in [0.2, 0.25) is 0 Å². The molecule has 0 radical (unpaired) electrons. The summed E-state index contributed by atoms with van der Waals surface area (Å²) in [7, 11) is 0. The van der Waals surface area contributed by atoms with Crippen LogP contribution in [-0.2, 0) is 38.1 Å². The van der Waals surface area contributed by atoms with Gasteiger partial charge in [-0.15, -0.1) is 0 Å². The van der Waals surface area contributed by atoms with Crippen LogP contribution in [-0.4, -0.2) is 61.4 Å². The van der Waals surface area contributed by atoms with E-state index in [1.54, 1.807) is 0 Å². The third-order valence-corrected chi connectivity index (χ3v) is 12.4. The molecule has 9 heteroatoms. The molecule has 0 spiro atoms. The van der Waals surface area contributed by atoms with Crippen LogP contribution in [0.1, 0.15) is 173 Å². The van der Waals surface area contributed by atoms with Crippen LogP contribution in [0.4, 0.5) is 0 Å². The van der Waals surface area contributed by atoms with Crippen LogP contribution in [0.5, 0.6) is 0 Å². The Morgan fingerprint density at radius 3 is 1.44 bits per heavy atom. The predicted molar refractivity (Wildman–Crippen MR) is 191 cm³/mol. The summed E-state index contributed by atoms with van der Waals surface area (Å²) >= 11 is 0. The van der Waals surface area contributed by atoms with Crippen molar-refractivity contribution < 1.29 is 38.1 Å². The molecule has 0 aromatic carbocycles. The number of nitrogens with one attached hydrogen (secondary N) is 1. The summed E-state index contributed by atoms with van der Waals surface area (Å²) in [6.07, 6.45) is 26.4. The van der Waals surface area contributed by atoms with Crippen LogP contribution in [0.3, 0.4) is 0 Å². The van der Waals surface area contributed by atoms with Gasteiger partial charge < -0.3 is 24.3 Å². The minimum Gasteiger partial charge on any atom is -0.465 e. The molecule has 0 aromatic heterocycles. The largest absolute Gasteiger partial charge is 0.465 e. The molecule has 284 valence electrons. The van der Waals surface area contributed by atoms with E-state index in [1.807, 2.05) is 0 Å². The monoisotopic (exact) mass is 701 g/mol. The molecule has 0 amide bonds. The van der Waals surface area contributed by atoms with E-state index in [-0.39, 0.29) is 66.8 Å². The molecule has 9 nitrogen and oxygen atoms in total. The summed E-state index contributed by atoms with van der Waals surface area (Å²) in [6, 6.07) is -0.419. The molecule has 0 aromatic rings. The van der Waals surface area contributed by atoms with Crippen LogP contribution in [0.2, 0.25) is 0 Å². The molecule has 5 aliphatic rings.